The molecule has 0 bridgehead atoms. The third-order valence-electron chi connectivity index (χ3n) is 6.12. The summed E-state index contributed by atoms with van der Waals surface area (Å²) in [6.45, 7) is 2.87. The molecule has 0 spiro atoms. The van der Waals surface area contributed by atoms with E-state index in [9.17, 15) is 14.4 Å². The van der Waals surface area contributed by atoms with Gasteiger partial charge in [-0.2, -0.15) is 0 Å². The number of alkyl carbamates (subject to hydrolysis) is 1. The SMILES string of the molecule is O=C(O)CCCCC(=O)OCCOCCOCCOCCNC(=O)OCC1c2ccccc2-c2ccccc21. The van der Waals surface area contributed by atoms with E-state index in [0.29, 0.717) is 52.4 Å². The van der Waals surface area contributed by atoms with Crippen molar-refractivity contribution >= 4 is 18.0 Å². The molecule has 0 fully saturated rings. The van der Waals surface area contributed by atoms with Gasteiger partial charge in [0.25, 0.3) is 0 Å². The Morgan fingerprint density at radius 2 is 1.23 bits per heavy atom. The Hall–Kier alpha value is -3.47. The summed E-state index contributed by atoms with van der Waals surface area (Å²) in [4.78, 5) is 34.0. The van der Waals surface area contributed by atoms with Crippen molar-refractivity contribution in [2.45, 2.75) is 31.6 Å². The molecule has 2 aromatic carbocycles. The average molecular weight is 544 g/mol. The first-order chi connectivity index (χ1) is 19.1. The average Bonchev–Trinajstić information content (AvgIpc) is 3.26. The molecule has 0 aliphatic heterocycles. The lowest BCUT2D eigenvalue weighted by Crippen LogP contribution is -2.29. The number of benzene rings is 2. The van der Waals surface area contributed by atoms with Crippen molar-refractivity contribution in [3.05, 3.63) is 59.7 Å². The molecule has 10 nitrogen and oxygen atoms in total. The maximum Gasteiger partial charge on any atom is 0.407 e. The van der Waals surface area contributed by atoms with Crippen LogP contribution in [0.4, 0.5) is 4.79 Å². The van der Waals surface area contributed by atoms with Crippen molar-refractivity contribution in [1.82, 2.24) is 5.32 Å². The quantitative estimate of drug-likeness (QED) is 0.201. The zero-order chi connectivity index (χ0) is 27.7. The van der Waals surface area contributed by atoms with Gasteiger partial charge in [0.1, 0.15) is 13.2 Å². The lowest BCUT2D eigenvalue weighted by Gasteiger charge is -2.14. The minimum absolute atomic E-state index is 0.0254. The molecular weight excluding hydrogens is 506 g/mol. The van der Waals surface area contributed by atoms with Gasteiger partial charge >= 0.3 is 18.0 Å². The van der Waals surface area contributed by atoms with Crippen LogP contribution < -0.4 is 5.32 Å². The molecule has 1 aliphatic rings. The fourth-order valence-electron chi connectivity index (χ4n) is 4.25. The van der Waals surface area contributed by atoms with Gasteiger partial charge in [-0.3, -0.25) is 9.59 Å². The first-order valence-corrected chi connectivity index (χ1v) is 13.3. The second-order valence-corrected chi connectivity index (χ2v) is 8.91. The highest BCUT2D eigenvalue weighted by atomic mass is 16.6. The number of hydrogen-bond acceptors (Lipinski definition) is 8. The highest BCUT2D eigenvalue weighted by Crippen LogP contribution is 2.44. The number of rotatable bonds is 19. The zero-order valence-corrected chi connectivity index (χ0v) is 22.1. The topological polar surface area (TPSA) is 130 Å². The lowest BCUT2D eigenvalue weighted by atomic mass is 9.98. The fraction of sp³-hybridized carbons (Fsp3) is 0.483. The van der Waals surface area contributed by atoms with E-state index < -0.39 is 12.1 Å². The van der Waals surface area contributed by atoms with Crippen LogP contribution in [-0.4, -0.2) is 82.5 Å². The summed E-state index contributed by atoms with van der Waals surface area (Å²) in [5.74, 6) is -1.20. The van der Waals surface area contributed by atoms with E-state index in [1.807, 2.05) is 24.3 Å². The van der Waals surface area contributed by atoms with Crippen LogP contribution in [0.15, 0.2) is 48.5 Å². The summed E-state index contributed by atoms with van der Waals surface area (Å²) >= 11 is 0. The molecule has 0 unspecified atom stereocenters. The maximum absolute atomic E-state index is 12.1. The number of esters is 1. The standard InChI is InChI=1S/C29H37NO9/c31-27(32)11-5-6-12-28(33)38-20-19-37-18-17-36-16-15-35-14-13-30-29(34)39-21-26-24-9-3-1-7-22(24)23-8-2-4-10-25(23)26/h1-4,7-10,26H,5-6,11-21H2,(H,30,34)(H,31,32). The molecular formula is C29H37NO9. The van der Waals surface area contributed by atoms with Gasteiger partial charge in [0.2, 0.25) is 0 Å². The lowest BCUT2D eigenvalue weighted by molar-refractivity contribution is -0.146. The van der Waals surface area contributed by atoms with Crippen molar-refractivity contribution in [2.75, 3.05) is 59.4 Å². The van der Waals surface area contributed by atoms with Crippen LogP contribution in [-0.2, 0) is 33.3 Å². The largest absolute Gasteiger partial charge is 0.481 e. The van der Waals surface area contributed by atoms with Gasteiger partial charge in [-0.05, 0) is 35.1 Å². The molecule has 0 saturated heterocycles. The highest BCUT2D eigenvalue weighted by molar-refractivity contribution is 5.79. The Kier molecular flexibility index (Phi) is 13.3. The Morgan fingerprint density at radius 3 is 1.85 bits per heavy atom. The molecule has 0 aromatic heterocycles. The number of aliphatic carboxylic acids is 1. The third-order valence-corrected chi connectivity index (χ3v) is 6.12. The second-order valence-electron chi connectivity index (χ2n) is 8.91. The van der Waals surface area contributed by atoms with E-state index in [4.69, 9.17) is 28.8 Å². The number of amides is 1. The number of carboxylic acids is 1. The fourth-order valence-corrected chi connectivity index (χ4v) is 4.25. The van der Waals surface area contributed by atoms with Crippen molar-refractivity contribution in [3.63, 3.8) is 0 Å². The van der Waals surface area contributed by atoms with E-state index in [2.05, 4.69) is 29.6 Å². The van der Waals surface area contributed by atoms with Crippen molar-refractivity contribution in [1.29, 1.82) is 0 Å². The minimum Gasteiger partial charge on any atom is -0.481 e. The number of fused-ring (bicyclic) bond motifs is 3. The number of carbonyl (C=O) groups is 3. The normalized spacial score (nSPS) is 12.0. The minimum atomic E-state index is -0.867. The van der Waals surface area contributed by atoms with Crippen LogP contribution >= 0.6 is 0 Å². The van der Waals surface area contributed by atoms with Gasteiger partial charge in [-0.1, -0.05) is 48.5 Å². The van der Waals surface area contributed by atoms with Gasteiger partial charge in [-0.15, -0.1) is 0 Å². The monoisotopic (exact) mass is 543 g/mol. The number of carboxylic acid groups (broad SMARTS) is 1. The van der Waals surface area contributed by atoms with Crippen LogP contribution in [0.3, 0.4) is 0 Å². The van der Waals surface area contributed by atoms with Gasteiger partial charge in [0.05, 0.1) is 39.6 Å². The van der Waals surface area contributed by atoms with Crippen molar-refractivity contribution in [3.8, 4) is 11.1 Å². The Labute approximate surface area is 228 Å². The molecule has 2 N–H and O–H groups in total. The number of nitrogens with one attached hydrogen (secondary N) is 1. The number of ether oxygens (including phenoxy) is 5. The van der Waals surface area contributed by atoms with Crippen LogP contribution in [0, 0.1) is 0 Å². The molecule has 0 heterocycles. The smallest absolute Gasteiger partial charge is 0.407 e. The Balaban J connectivity index is 1.12. The summed E-state index contributed by atoms with van der Waals surface area (Å²) in [6, 6.07) is 16.4. The highest BCUT2D eigenvalue weighted by Gasteiger charge is 2.28. The van der Waals surface area contributed by atoms with Crippen molar-refractivity contribution < 1.29 is 43.2 Å². The molecule has 1 amide bonds. The Morgan fingerprint density at radius 1 is 0.692 bits per heavy atom. The molecule has 0 radical (unpaired) electrons. The number of carbonyl (C=O) groups excluding carboxylic acids is 2. The molecule has 2 aromatic rings. The molecule has 3 rings (SSSR count). The van der Waals surface area contributed by atoms with E-state index in [-0.39, 0.29) is 44.5 Å². The van der Waals surface area contributed by atoms with E-state index in [0.717, 1.165) is 0 Å². The Bertz CT molecular complexity index is 1010. The first-order valence-electron chi connectivity index (χ1n) is 13.3. The van der Waals surface area contributed by atoms with Crippen LogP contribution in [0.5, 0.6) is 0 Å². The molecule has 1 aliphatic carbocycles. The summed E-state index contributed by atoms with van der Waals surface area (Å²) in [5.41, 5.74) is 4.72. The third kappa shape index (κ3) is 10.7. The van der Waals surface area contributed by atoms with Crippen LogP contribution in [0.25, 0.3) is 11.1 Å². The predicted octanol–water partition coefficient (Wildman–Crippen LogP) is 3.76. The van der Waals surface area contributed by atoms with E-state index >= 15 is 0 Å². The van der Waals surface area contributed by atoms with Crippen LogP contribution in [0.1, 0.15) is 42.7 Å². The molecule has 212 valence electrons. The van der Waals surface area contributed by atoms with Gasteiger partial charge < -0.3 is 34.1 Å². The number of unbranched alkanes of at least 4 members (excludes halogenated alkanes) is 1. The van der Waals surface area contributed by atoms with E-state index in [1.54, 1.807) is 0 Å². The molecule has 10 heteroatoms. The van der Waals surface area contributed by atoms with Gasteiger partial charge in [0, 0.05) is 25.3 Å². The molecule has 0 saturated carbocycles. The summed E-state index contributed by atoms with van der Waals surface area (Å²) < 4.78 is 26.7. The summed E-state index contributed by atoms with van der Waals surface area (Å²) in [5, 5.41) is 11.2. The summed E-state index contributed by atoms with van der Waals surface area (Å²) in [6.07, 6.45) is 0.736. The maximum atomic E-state index is 12.1. The zero-order valence-electron chi connectivity index (χ0n) is 22.1. The van der Waals surface area contributed by atoms with Crippen LogP contribution in [0.2, 0.25) is 0 Å². The predicted molar refractivity (Wildman–Crippen MR) is 143 cm³/mol. The first kappa shape index (κ1) is 30.1. The van der Waals surface area contributed by atoms with Crippen molar-refractivity contribution in [2.24, 2.45) is 0 Å². The molecule has 0 atom stereocenters. The number of hydrogen-bond donors (Lipinski definition) is 2. The van der Waals surface area contributed by atoms with Gasteiger partial charge in [-0.25, -0.2) is 4.79 Å². The second kappa shape index (κ2) is 17.2. The van der Waals surface area contributed by atoms with E-state index in [1.165, 1.54) is 22.3 Å². The summed E-state index contributed by atoms with van der Waals surface area (Å²) in [7, 11) is 0. The van der Waals surface area contributed by atoms with Gasteiger partial charge in [0.15, 0.2) is 0 Å². The molecule has 39 heavy (non-hydrogen) atoms.